The molecular formula is C21H25F4N3O3. The Balaban J connectivity index is 2.35. The van der Waals surface area contributed by atoms with Crippen molar-refractivity contribution in [1.82, 2.24) is 9.88 Å². The van der Waals surface area contributed by atoms with Crippen LogP contribution in [0.4, 0.5) is 23.2 Å². The summed E-state index contributed by atoms with van der Waals surface area (Å²) >= 11 is 0. The lowest BCUT2D eigenvalue weighted by molar-refractivity contribution is -0.190. The maximum Gasteiger partial charge on any atom is 0.410 e. The number of nitrogens with zero attached hydrogens (tertiary/aromatic N) is 1. The van der Waals surface area contributed by atoms with Crippen LogP contribution in [0.2, 0.25) is 0 Å². The second-order valence-electron chi connectivity index (χ2n) is 7.96. The second kappa shape index (κ2) is 8.33. The van der Waals surface area contributed by atoms with Crippen LogP contribution in [0.5, 0.6) is 0 Å². The molecule has 1 heterocycles. The highest BCUT2D eigenvalue weighted by atomic mass is 19.4. The smallest absolute Gasteiger partial charge is 0.377 e. The summed E-state index contributed by atoms with van der Waals surface area (Å²) in [6, 6.07) is 4.04. The van der Waals surface area contributed by atoms with Crippen LogP contribution >= 0.6 is 0 Å². The topological polar surface area (TPSA) is 83.4 Å². The number of aromatic nitrogens is 1. The van der Waals surface area contributed by atoms with E-state index in [4.69, 9.17) is 0 Å². The second-order valence-corrected chi connectivity index (χ2v) is 7.96. The van der Waals surface area contributed by atoms with Gasteiger partial charge in [0.1, 0.15) is 11.4 Å². The number of nitrogens with one attached hydrogen (secondary N) is 2. The van der Waals surface area contributed by atoms with Gasteiger partial charge in [-0.2, -0.15) is 13.2 Å². The summed E-state index contributed by atoms with van der Waals surface area (Å²) in [5, 5.41) is 14.9. The molecule has 0 saturated heterocycles. The molecule has 0 saturated carbocycles. The monoisotopic (exact) mass is 443 g/mol. The molecule has 1 aromatic heterocycles. The van der Waals surface area contributed by atoms with Gasteiger partial charge >= 0.3 is 6.18 Å². The van der Waals surface area contributed by atoms with Crippen molar-refractivity contribution in [3.05, 3.63) is 52.1 Å². The average molecular weight is 443 g/mol. The highest BCUT2D eigenvalue weighted by Crippen LogP contribution is 2.32. The molecule has 0 bridgehead atoms. The van der Waals surface area contributed by atoms with E-state index in [9.17, 15) is 32.3 Å². The van der Waals surface area contributed by atoms with Gasteiger partial charge in [-0.05, 0) is 63.9 Å². The van der Waals surface area contributed by atoms with E-state index in [1.54, 1.807) is 19.2 Å². The number of aliphatic hydroxyl groups excluding tert-OH is 1. The van der Waals surface area contributed by atoms with Gasteiger partial charge in [-0.3, -0.25) is 9.59 Å². The molecule has 1 aromatic carbocycles. The molecule has 10 heteroatoms. The first-order chi connectivity index (χ1) is 14.1. The molecular weight excluding hydrogens is 418 g/mol. The predicted octanol–water partition coefficient (Wildman–Crippen LogP) is 3.83. The molecule has 0 fully saturated rings. The normalized spacial score (nSPS) is 13.1. The Morgan fingerprint density at radius 3 is 2.23 bits per heavy atom. The largest absolute Gasteiger partial charge is 0.410 e. The first-order valence-electron chi connectivity index (χ1n) is 9.38. The third-order valence-electron chi connectivity index (χ3n) is 5.28. The van der Waals surface area contributed by atoms with Gasteiger partial charge in [0.2, 0.25) is 0 Å². The van der Waals surface area contributed by atoms with Crippen molar-refractivity contribution in [1.29, 1.82) is 0 Å². The molecule has 170 valence electrons. The number of aryl methyl sites for hydroxylation is 1. The van der Waals surface area contributed by atoms with E-state index in [1.807, 2.05) is 0 Å². The van der Waals surface area contributed by atoms with E-state index in [0.717, 1.165) is 13.8 Å². The molecule has 2 aromatic rings. The summed E-state index contributed by atoms with van der Waals surface area (Å²) in [5.74, 6) is -2.23. The van der Waals surface area contributed by atoms with Crippen LogP contribution in [0, 0.1) is 26.6 Å². The van der Waals surface area contributed by atoms with Crippen LogP contribution in [0.1, 0.15) is 52.8 Å². The van der Waals surface area contributed by atoms with E-state index < -0.39 is 35.5 Å². The van der Waals surface area contributed by atoms with E-state index in [-0.39, 0.29) is 16.8 Å². The third-order valence-corrected chi connectivity index (χ3v) is 5.28. The molecule has 0 radical (unpaired) electrons. The summed E-state index contributed by atoms with van der Waals surface area (Å²) in [7, 11) is 1.49. The van der Waals surface area contributed by atoms with Crippen LogP contribution in [0.3, 0.4) is 0 Å². The Hall–Kier alpha value is -2.88. The Morgan fingerprint density at radius 2 is 1.71 bits per heavy atom. The van der Waals surface area contributed by atoms with Crippen molar-refractivity contribution >= 4 is 17.5 Å². The van der Waals surface area contributed by atoms with Gasteiger partial charge in [0.05, 0.1) is 11.3 Å². The van der Waals surface area contributed by atoms with Crippen molar-refractivity contribution in [2.75, 3.05) is 5.32 Å². The number of aliphatic hydroxyl groups is 1. The number of anilines is 1. The van der Waals surface area contributed by atoms with Crippen LogP contribution in [0.15, 0.2) is 18.2 Å². The third kappa shape index (κ3) is 4.73. The first-order valence-corrected chi connectivity index (χ1v) is 9.38. The number of amides is 2. The maximum absolute atomic E-state index is 13.4. The maximum atomic E-state index is 13.4. The molecule has 1 unspecified atom stereocenters. The number of hydrogen-bond donors (Lipinski definition) is 3. The van der Waals surface area contributed by atoms with E-state index >= 15 is 0 Å². The van der Waals surface area contributed by atoms with Crippen LogP contribution in [-0.2, 0) is 11.8 Å². The van der Waals surface area contributed by atoms with E-state index in [0.29, 0.717) is 16.9 Å². The van der Waals surface area contributed by atoms with Crippen molar-refractivity contribution < 1.29 is 32.3 Å². The average Bonchev–Trinajstić information content (AvgIpc) is 2.85. The Kier molecular flexibility index (Phi) is 6.56. The van der Waals surface area contributed by atoms with Crippen LogP contribution in [-0.4, -0.2) is 33.2 Å². The van der Waals surface area contributed by atoms with Gasteiger partial charge in [0.15, 0.2) is 6.10 Å². The summed E-state index contributed by atoms with van der Waals surface area (Å²) in [5.41, 5.74) is -1.10. The SMILES string of the molecule is Cc1cc(NC(=O)c2c(C)c(C(O)C(=O)NC(C)(C)C(F)(F)F)n(C)c2C)ccc1F. The number of alkyl halides is 3. The number of carbonyl (C=O) groups excluding carboxylic acids is 2. The minimum Gasteiger partial charge on any atom is -0.377 e. The number of halogens is 4. The molecule has 6 nitrogen and oxygen atoms in total. The van der Waals surface area contributed by atoms with Gasteiger partial charge in [-0.1, -0.05) is 0 Å². The lowest BCUT2D eigenvalue weighted by Gasteiger charge is -2.30. The highest BCUT2D eigenvalue weighted by molar-refractivity contribution is 6.06. The fourth-order valence-corrected chi connectivity index (χ4v) is 3.21. The highest BCUT2D eigenvalue weighted by Gasteiger charge is 2.49. The quantitative estimate of drug-likeness (QED) is 0.615. The van der Waals surface area contributed by atoms with Crippen molar-refractivity contribution in [2.24, 2.45) is 7.05 Å². The molecule has 31 heavy (non-hydrogen) atoms. The number of hydrogen-bond acceptors (Lipinski definition) is 3. The molecule has 0 spiro atoms. The lowest BCUT2D eigenvalue weighted by Crippen LogP contribution is -2.55. The molecule has 0 aliphatic rings. The fourth-order valence-electron chi connectivity index (χ4n) is 3.21. The van der Waals surface area contributed by atoms with Gasteiger partial charge in [-0.25, -0.2) is 4.39 Å². The minimum atomic E-state index is -4.72. The zero-order valence-electron chi connectivity index (χ0n) is 18.0. The van der Waals surface area contributed by atoms with Gasteiger partial charge < -0.3 is 20.3 Å². The summed E-state index contributed by atoms with van der Waals surface area (Å²) in [6.07, 6.45) is -6.65. The number of carbonyl (C=O) groups is 2. The zero-order valence-corrected chi connectivity index (χ0v) is 18.0. The molecule has 1 atom stereocenters. The molecule has 2 amide bonds. The Morgan fingerprint density at radius 1 is 1.13 bits per heavy atom. The van der Waals surface area contributed by atoms with Crippen molar-refractivity contribution in [3.8, 4) is 0 Å². The first kappa shape index (κ1) is 24.4. The molecule has 0 aliphatic carbocycles. The van der Waals surface area contributed by atoms with Gasteiger partial charge in [0, 0.05) is 18.4 Å². The molecule has 2 rings (SSSR count). The van der Waals surface area contributed by atoms with Crippen LogP contribution < -0.4 is 10.6 Å². The van der Waals surface area contributed by atoms with Gasteiger partial charge in [-0.15, -0.1) is 0 Å². The summed E-state index contributed by atoms with van der Waals surface area (Å²) in [6.45, 7) is 6.16. The summed E-state index contributed by atoms with van der Waals surface area (Å²) in [4.78, 5) is 25.2. The van der Waals surface area contributed by atoms with Gasteiger partial charge in [0.25, 0.3) is 11.8 Å². The lowest BCUT2D eigenvalue weighted by atomic mass is 10.0. The Bertz CT molecular complexity index is 1030. The van der Waals surface area contributed by atoms with E-state index in [1.165, 1.54) is 36.7 Å². The number of rotatable bonds is 5. The molecule has 3 N–H and O–H groups in total. The zero-order chi connectivity index (χ0) is 23.9. The minimum absolute atomic E-state index is 0.00610. The predicted molar refractivity (Wildman–Crippen MR) is 107 cm³/mol. The van der Waals surface area contributed by atoms with E-state index in [2.05, 4.69) is 5.32 Å². The molecule has 0 aliphatic heterocycles. The number of benzene rings is 1. The standard InChI is InChI=1S/C21H25F4N3O3/c1-10-9-13(7-8-14(10)22)26-18(30)15-11(2)16(28(6)12(15)3)17(29)19(31)27-20(4,5)21(23,24)25/h7-9,17,29H,1-6H3,(H,26,30)(H,27,31). The van der Waals surface area contributed by atoms with Crippen molar-refractivity contribution in [2.45, 2.75) is 52.4 Å². The fraction of sp³-hybridized carbons (Fsp3) is 0.429. The van der Waals surface area contributed by atoms with Crippen molar-refractivity contribution in [3.63, 3.8) is 0 Å². The summed E-state index contributed by atoms with van der Waals surface area (Å²) < 4.78 is 54.1. The van der Waals surface area contributed by atoms with Crippen LogP contribution in [0.25, 0.3) is 0 Å². The Labute approximate surface area is 177 Å².